The number of carbonyl (C=O) groups excluding carboxylic acids is 1. The molecule has 0 saturated carbocycles. The number of nitrogens with one attached hydrogen (secondary N) is 1. The fourth-order valence-electron chi connectivity index (χ4n) is 1.83. The number of carbonyl (C=O) groups is 1. The van der Waals surface area contributed by atoms with Crippen molar-refractivity contribution in [3.63, 3.8) is 0 Å². The van der Waals surface area contributed by atoms with Gasteiger partial charge >= 0.3 is 0 Å². The molecular formula is C14H24N4O. The number of hydrogen-bond donors (Lipinski definition) is 2. The van der Waals surface area contributed by atoms with Gasteiger partial charge in [0, 0.05) is 32.0 Å². The minimum absolute atomic E-state index is 0.124. The molecule has 1 amide bonds. The van der Waals surface area contributed by atoms with E-state index in [1.807, 2.05) is 26.1 Å². The average molecular weight is 264 g/mol. The number of hydrogen-bond acceptors (Lipinski definition) is 4. The van der Waals surface area contributed by atoms with Gasteiger partial charge in [-0.05, 0) is 38.4 Å². The topological polar surface area (TPSA) is 71.2 Å². The van der Waals surface area contributed by atoms with E-state index in [0.717, 1.165) is 38.0 Å². The molecule has 0 radical (unpaired) electrons. The highest BCUT2D eigenvalue weighted by Gasteiger charge is 2.08. The molecule has 5 nitrogen and oxygen atoms in total. The Morgan fingerprint density at radius 3 is 2.89 bits per heavy atom. The van der Waals surface area contributed by atoms with Crippen LogP contribution in [0, 0.1) is 0 Å². The minimum atomic E-state index is -0.124. The summed E-state index contributed by atoms with van der Waals surface area (Å²) in [6.07, 6.45) is 4.98. The van der Waals surface area contributed by atoms with E-state index in [0.29, 0.717) is 12.2 Å². The van der Waals surface area contributed by atoms with Gasteiger partial charge in [0.05, 0.1) is 0 Å². The lowest BCUT2D eigenvalue weighted by Crippen LogP contribution is -2.25. The molecule has 1 aromatic heterocycles. The molecular weight excluding hydrogens is 240 g/mol. The van der Waals surface area contributed by atoms with E-state index in [1.54, 1.807) is 6.20 Å². The zero-order valence-electron chi connectivity index (χ0n) is 11.9. The zero-order valence-corrected chi connectivity index (χ0v) is 11.9. The first kappa shape index (κ1) is 15.4. The normalized spacial score (nSPS) is 10.3. The first-order chi connectivity index (χ1) is 9.19. The molecule has 0 aliphatic carbocycles. The van der Waals surface area contributed by atoms with Crippen molar-refractivity contribution in [2.45, 2.75) is 26.2 Å². The molecule has 1 aromatic rings. The predicted molar refractivity (Wildman–Crippen MR) is 78.4 cm³/mol. The lowest BCUT2D eigenvalue weighted by atomic mass is 10.2. The summed E-state index contributed by atoms with van der Waals surface area (Å²) in [4.78, 5) is 17.9. The van der Waals surface area contributed by atoms with Gasteiger partial charge in [-0.25, -0.2) is 0 Å². The van der Waals surface area contributed by atoms with Crippen LogP contribution in [0.1, 0.15) is 36.7 Å². The molecule has 0 bridgehead atoms. The van der Waals surface area contributed by atoms with E-state index < -0.39 is 0 Å². The third-order valence-electron chi connectivity index (χ3n) is 2.95. The summed E-state index contributed by atoms with van der Waals surface area (Å²) in [5.74, 6) is -0.124. The Bertz CT molecular complexity index is 395. The summed E-state index contributed by atoms with van der Waals surface area (Å²) in [6.45, 7) is 4.21. The second kappa shape index (κ2) is 8.48. The van der Waals surface area contributed by atoms with Crippen LogP contribution in [0.4, 0.5) is 5.69 Å². The molecule has 0 unspecified atom stereocenters. The molecule has 0 aliphatic rings. The van der Waals surface area contributed by atoms with Crippen LogP contribution >= 0.6 is 0 Å². The van der Waals surface area contributed by atoms with Crippen molar-refractivity contribution in [2.75, 3.05) is 31.6 Å². The maximum Gasteiger partial charge on any atom is 0.269 e. The molecule has 3 N–H and O–H groups in total. The summed E-state index contributed by atoms with van der Waals surface area (Å²) in [7, 11) is 2.03. The Morgan fingerprint density at radius 2 is 2.21 bits per heavy atom. The highest BCUT2D eigenvalue weighted by atomic mass is 16.1. The number of rotatable bonds is 8. The Morgan fingerprint density at radius 1 is 1.42 bits per heavy atom. The Hall–Kier alpha value is -1.62. The van der Waals surface area contributed by atoms with E-state index in [4.69, 9.17) is 5.73 Å². The minimum Gasteiger partial charge on any atom is -0.374 e. The van der Waals surface area contributed by atoms with Crippen LogP contribution < -0.4 is 16.0 Å². The summed E-state index contributed by atoms with van der Waals surface area (Å²) in [5, 5.41) is 2.75. The predicted octanol–water partition coefficient (Wildman–Crippen LogP) is 1.40. The second-order valence-corrected chi connectivity index (χ2v) is 4.53. The highest BCUT2D eigenvalue weighted by Crippen LogP contribution is 2.13. The Kier molecular flexibility index (Phi) is 6.89. The number of nitrogens with zero attached hydrogens (tertiary/aromatic N) is 2. The number of aromatic nitrogens is 1. The summed E-state index contributed by atoms with van der Waals surface area (Å²) >= 11 is 0. The van der Waals surface area contributed by atoms with Gasteiger partial charge in [-0.15, -0.1) is 0 Å². The van der Waals surface area contributed by atoms with Crippen LogP contribution in [0.3, 0.4) is 0 Å². The van der Waals surface area contributed by atoms with Crippen molar-refractivity contribution in [3.05, 3.63) is 24.0 Å². The number of unbranched alkanes of at least 4 members (excludes halogenated alkanes) is 2. The maximum atomic E-state index is 11.7. The van der Waals surface area contributed by atoms with Crippen molar-refractivity contribution in [3.8, 4) is 0 Å². The number of amides is 1. The molecule has 1 rings (SSSR count). The SMILES string of the molecule is CCNC(=O)c1cc(N(C)CCCCCN)ccn1. The van der Waals surface area contributed by atoms with Gasteiger partial charge in [0.2, 0.25) is 0 Å². The first-order valence-electron chi connectivity index (χ1n) is 6.84. The van der Waals surface area contributed by atoms with Crippen LogP contribution in [0.2, 0.25) is 0 Å². The molecule has 0 spiro atoms. The lowest BCUT2D eigenvalue weighted by molar-refractivity contribution is 0.0951. The standard InChI is InChI=1S/C14H24N4O/c1-3-16-14(19)13-11-12(7-9-17-13)18(2)10-6-4-5-8-15/h7,9,11H,3-6,8,10,15H2,1-2H3,(H,16,19). The Labute approximate surface area is 115 Å². The average Bonchev–Trinajstić information content (AvgIpc) is 2.44. The van der Waals surface area contributed by atoms with Crippen LogP contribution in [-0.4, -0.2) is 37.6 Å². The third-order valence-corrected chi connectivity index (χ3v) is 2.95. The molecule has 106 valence electrons. The molecule has 1 heterocycles. The quantitative estimate of drug-likeness (QED) is 0.696. The van der Waals surface area contributed by atoms with Crippen LogP contribution in [0.15, 0.2) is 18.3 Å². The molecule has 0 aliphatic heterocycles. The van der Waals surface area contributed by atoms with Gasteiger partial charge in [-0.2, -0.15) is 0 Å². The van der Waals surface area contributed by atoms with E-state index in [9.17, 15) is 4.79 Å². The van der Waals surface area contributed by atoms with E-state index in [-0.39, 0.29) is 5.91 Å². The number of anilines is 1. The molecule has 5 heteroatoms. The monoisotopic (exact) mass is 264 g/mol. The van der Waals surface area contributed by atoms with Gasteiger partial charge in [0.15, 0.2) is 0 Å². The van der Waals surface area contributed by atoms with Gasteiger partial charge in [-0.1, -0.05) is 6.42 Å². The fraction of sp³-hybridized carbons (Fsp3) is 0.571. The van der Waals surface area contributed by atoms with Crippen LogP contribution in [0.25, 0.3) is 0 Å². The van der Waals surface area contributed by atoms with Crippen molar-refractivity contribution in [1.82, 2.24) is 10.3 Å². The highest BCUT2D eigenvalue weighted by molar-refractivity contribution is 5.93. The third kappa shape index (κ3) is 5.26. The van der Waals surface area contributed by atoms with E-state index in [1.165, 1.54) is 0 Å². The lowest BCUT2D eigenvalue weighted by Gasteiger charge is -2.19. The van der Waals surface area contributed by atoms with E-state index >= 15 is 0 Å². The number of nitrogens with two attached hydrogens (primary N) is 1. The van der Waals surface area contributed by atoms with Gasteiger partial charge in [-0.3, -0.25) is 9.78 Å². The van der Waals surface area contributed by atoms with Gasteiger partial charge < -0.3 is 16.0 Å². The fourth-order valence-corrected chi connectivity index (χ4v) is 1.83. The molecule has 0 saturated heterocycles. The van der Waals surface area contributed by atoms with Crippen LogP contribution in [-0.2, 0) is 0 Å². The van der Waals surface area contributed by atoms with Crippen molar-refractivity contribution >= 4 is 11.6 Å². The second-order valence-electron chi connectivity index (χ2n) is 4.53. The molecule has 0 aromatic carbocycles. The summed E-state index contributed by atoms with van der Waals surface area (Å²) in [5.41, 5.74) is 6.96. The molecule has 19 heavy (non-hydrogen) atoms. The zero-order chi connectivity index (χ0) is 14.1. The number of pyridine rings is 1. The Balaban J connectivity index is 2.57. The molecule has 0 atom stereocenters. The van der Waals surface area contributed by atoms with Crippen molar-refractivity contribution in [1.29, 1.82) is 0 Å². The van der Waals surface area contributed by atoms with Gasteiger partial charge in [0.1, 0.15) is 5.69 Å². The first-order valence-corrected chi connectivity index (χ1v) is 6.84. The van der Waals surface area contributed by atoms with Crippen LogP contribution in [0.5, 0.6) is 0 Å². The van der Waals surface area contributed by atoms with Crippen molar-refractivity contribution in [2.24, 2.45) is 5.73 Å². The summed E-state index contributed by atoms with van der Waals surface area (Å²) in [6, 6.07) is 3.75. The van der Waals surface area contributed by atoms with E-state index in [2.05, 4.69) is 15.2 Å². The van der Waals surface area contributed by atoms with Crippen molar-refractivity contribution < 1.29 is 4.79 Å². The summed E-state index contributed by atoms with van der Waals surface area (Å²) < 4.78 is 0. The molecule has 0 fully saturated rings. The largest absolute Gasteiger partial charge is 0.374 e. The smallest absolute Gasteiger partial charge is 0.269 e. The van der Waals surface area contributed by atoms with Gasteiger partial charge in [0.25, 0.3) is 5.91 Å². The maximum absolute atomic E-state index is 11.7.